The predicted octanol–water partition coefficient (Wildman–Crippen LogP) is 2.41. The lowest BCUT2D eigenvalue weighted by Crippen LogP contribution is -2.47. The van der Waals surface area contributed by atoms with Crippen LogP contribution < -0.4 is 10.6 Å². The molecule has 0 aromatic heterocycles. The number of amides is 3. The smallest absolute Gasteiger partial charge is 0.321 e. The van der Waals surface area contributed by atoms with Crippen LogP contribution in [-0.2, 0) is 4.79 Å². The first kappa shape index (κ1) is 14.3. The van der Waals surface area contributed by atoms with Gasteiger partial charge in [0.05, 0.1) is 0 Å². The molecule has 1 fully saturated rings. The molecule has 1 rings (SSSR count). The van der Waals surface area contributed by atoms with E-state index in [9.17, 15) is 9.59 Å². The van der Waals surface area contributed by atoms with Crippen LogP contribution >= 0.6 is 11.6 Å². The predicted molar refractivity (Wildman–Crippen MR) is 68.0 cm³/mol. The van der Waals surface area contributed by atoms with Crippen LogP contribution in [0.25, 0.3) is 0 Å². The van der Waals surface area contributed by atoms with Crippen molar-refractivity contribution in [2.24, 2.45) is 5.92 Å². The van der Waals surface area contributed by atoms with Gasteiger partial charge in [-0.05, 0) is 25.2 Å². The summed E-state index contributed by atoms with van der Waals surface area (Å²) in [5, 5.41) is 5.08. The minimum Gasteiger partial charge on any atom is -0.335 e. The van der Waals surface area contributed by atoms with Crippen LogP contribution in [0.2, 0.25) is 0 Å². The van der Waals surface area contributed by atoms with Crippen molar-refractivity contribution >= 4 is 23.5 Å². The fraction of sp³-hybridized carbons (Fsp3) is 0.833. The van der Waals surface area contributed by atoms with E-state index in [0.717, 1.165) is 6.42 Å². The molecule has 1 atom stereocenters. The largest absolute Gasteiger partial charge is 0.335 e. The van der Waals surface area contributed by atoms with Crippen molar-refractivity contribution in [3.63, 3.8) is 0 Å². The van der Waals surface area contributed by atoms with Crippen LogP contribution in [0, 0.1) is 5.92 Å². The zero-order valence-electron chi connectivity index (χ0n) is 10.3. The molecule has 98 valence electrons. The maximum absolute atomic E-state index is 11.5. The van der Waals surface area contributed by atoms with Gasteiger partial charge in [0.1, 0.15) is 5.88 Å². The monoisotopic (exact) mass is 260 g/mol. The summed E-state index contributed by atoms with van der Waals surface area (Å²) in [5.74, 6) is -0.0959. The normalized spacial score (nSPS) is 18.5. The second-order valence-corrected chi connectivity index (χ2v) is 4.84. The van der Waals surface area contributed by atoms with Crippen molar-refractivity contribution in [2.75, 3.05) is 5.88 Å². The molecule has 0 aliphatic heterocycles. The number of hydrogen-bond acceptors (Lipinski definition) is 2. The number of nitrogens with one attached hydrogen (secondary N) is 2. The maximum Gasteiger partial charge on any atom is 0.321 e. The molecule has 5 heteroatoms. The van der Waals surface area contributed by atoms with Crippen LogP contribution in [-0.4, -0.2) is 23.9 Å². The number of alkyl halides is 1. The maximum atomic E-state index is 11.5. The van der Waals surface area contributed by atoms with Gasteiger partial charge in [0.15, 0.2) is 0 Å². The average Bonchev–Trinajstić information content (AvgIpc) is 2.36. The Labute approximate surface area is 107 Å². The summed E-state index contributed by atoms with van der Waals surface area (Å²) in [6.07, 6.45) is 7.01. The van der Waals surface area contributed by atoms with Crippen LogP contribution in [0.4, 0.5) is 4.79 Å². The standard InChI is InChI=1S/C12H21ClN2O2/c1-2-10(9-6-4-3-5-7-9)14-12(17)15-11(16)8-13/h9-10H,2-8H2,1H3,(H2,14,15,16,17). The van der Waals surface area contributed by atoms with Crippen LogP contribution in [0.1, 0.15) is 45.4 Å². The van der Waals surface area contributed by atoms with Gasteiger partial charge in [0.25, 0.3) is 0 Å². The zero-order valence-corrected chi connectivity index (χ0v) is 11.1. The van der Waals surface area contributed by atoms with Gasteiger partial charge in [-0.15, -0.1) is 11.6 Å². The minimum atomic E-state index is -0.456. The summed E-state index contributed by atoms with van der Waals surface area (Å²) >= 11 is 5.32. The molecule has 1 aliphatic rings. The summed E-state index contributed by atoms with van der Waals surface area (Å²) in [4.78, 5) is 22.5. The fourth-order valence-corrected chi connectivity index (χ4v) is 2.52. The highest BCUT2D eigenvalue weighted by Crippen LogP contribution is 2.27. The van der Waals surface area contributed by atoms with E-state index in [0.29, 0.717) is 5.92 Å². The molecule has 17 heavy (non-hydrogen) atoms. The Morgan fingerprint density at radius 3 is 2.47 bits per heavy atom. The van der Waals surface area contributed by atoms with Gasteiger partial charge in [-0.1, -0.05) is 26.2 Å². The molecule has 1 saturated carbocycles. The molecule has 0 saturated heterocycles. The van der Waals surface area contributed by atoms with E-state index in [1.54, 1.807) is 0 Å². The van der Waals surface area contributed by atoms with Crippen LogP contribution in [0.15, 0.2) is 0 Å². The highest BCUT2D eigenvalue weighted by atomic mass is 35.5. The number of imide groups is 1. The summed E-state index contributed by atoms with van der Waals surface area (Å²) in [7, 11) is 0. The van der Waals surface area contributed by atoms with Gasteiger partial charge >= 0.3 is 6.03 Å². The molecular weight excluding hydrogens is 240 g/mol. The second kappa shape index (κ2) is 7.54. The highest BCUT2D eigenvalue weighted by molar-refractivity contribution is 6.28. The molecule has 3 amide bonds. The Kier molecular flexibility index (Phi) is 6.34. The Hall–Kier alpha value is -0.770. The fourth-order valence-electron chi connectivity index (χ4n) is 2.45. The molecular formula is C12H21ClN2O2. The summed E-state index contributed by atoms with van der Waals surface area (Å²) in [6, 6.07) is -0.258. The molecule has 0 aromatic carbocycles. The van der Waals surface area contributed by atoms with E-state index in [1.807, 2.05) is 0 Å². The molecule has 0 heterocycles. The second-order valence-electron chi connectivity index (χ2n) is 4.57. The number of halogens is 1. The molecule has 0 radical (unpaired) electrons. The van der Waals surface area contributed by atoms with Crippen molar-refractivity contribution in [3.05, 3.63) is 0 Å². The van der Waals surface area contributed by atoms with E-state index >= 15 is 0 Å². The van der Waals surface area contributed by atoms with Crippen LogP contribution in [0.5, 0.6) is 0 Å². The van der Waals surface area contributed by atoms with Gasteiger partial charge in [-0.2, -0.15) is 0 Å². The lowest BCUT2D eigenvalue weighted by atomic mass is 9.83. The lowest BCUT2D eigenvalue weighted by Gasteiger charge is -2.30. The molecule has 1 aliphatic carbocycles. The number of urea groups is 1. The summed E-state index contributed by atoms with van der Waals surface area (Å²) in [5.41, 5.74) is 0. The van der Waals surface area contributed by atoms with Gasteiger partial charge in [0.2, 0.25) is 5.91 Å². The highest BCUT2D eigenvalue weighted by Gasteiger charge is 2.23. The van der Waals surface area contributed by atoms with E-state index in [-0.39, 0.29) is 11.9 Å². The van der Waals surface area contributed by atoms with Gasteiger partial charge in [0, 0.05) is 6.04 Å². The summed E-state index contributed by atoms with van der Waals surface area (Å²) < 4.78 is 0. The number of carbonyl (C=O) groups is 2. The van der Waals surface area contributed by atoms with E-state index in [4.69, 9.17) is 11.6 Å². The Morgan fingerprint density at radius 2 is 1.94 bits per heavy atom. The van der Waals surface area contributed by atoms with E-state index in [2.05, 4.69) is 17.6 Å². The van der Waals surface area contributed by atoms with Crippen LogP contribution in [0.3, 0.4) is 0 Å². The Balaban J connectivity index is 2.39. The quantitative estimate of drug-likeness (QED) is 0.763. The molecule has 4 nitrogen and oxygen atoms in total. The molecule has 0 aromatic rings. The molecule has 1 unspecified atom stereocenters. The first-order valence-electron chi connectivity index (χ1n) is 6.33. The number of rotatable bonds is 4. The van der Waals surface area contributed by atoms with Crippen molar-refractivity contribution < 1.29 is 9.59 Å². The van der Waals surface area contributed by atoms with Crippen molar-refractivity contribution in [2.45, 2.75) is 51.5 Å². The zero-order chi connectivity index (χ0) is 12.7. The first-order valence-corrected chi connectivity index (χ1v) is 6.87. The van der Waals surface area contributed by atoms with Gasteiger partial charge < -0.3 is 5.32 Å². The Morgan fingerprint density at radius 1 is 1.29 bits per heavy atom. The lowest BCUT2D eigenvalue weighted by molar-refractivity contribution is -0.117. The summed E-state index contributed by atoms with van der Waals surface area (Å²) in [6.45, 7) is 2.06. The number of carbonyl (C=O) groups excluding carboxylic acids is 2. The number of hydrogen-bond donors (Lipinski definition) is 2. The third-order valence-electron chi connectivity index (χ3n) is 3.35. The van der Waals surface area contributed by atoms with E-state index in [1.165, 1.54) is 32.1 Å². The molecule has 0 bridgehead atoms. The van der Waals surface area contributed by atoms with Crippen molar-refractivity contribution in [1.29, 1.82) is 0 Å². The van der Waals surface area contributed by atoms with Gasteiger partial charge in [-0.3, -0.25) is 10.1 Å². The third-order valence-corrected chi connectivity index (χ3v) is 3.59. The molecule has 0 spiro atoms. The third kappa shape index (κ3) is 4.94. The first-order chi connectivity index (χ1) is 8.17. The average molecular weight is 261 g/mol. The van der Waals surface area contributed by atoms with Gasteiger partial charge in [-0.25, -0.2) is 4.79 Å². The van der Waals surface area contributed by atoms with Crippen molar-refractivity contribution in [1.82, 2.24) is 10.6 Å². The molecule has 2 N–H and O–H groups in total. The SMILES string of the molecule is CCC(NC(=O)NC(=O)CCl)C1CCCCC1. The topological polar surface area (TPSA) is 58.2 Å². The minimum absolute atomic E-state index is 0.165. The van der Waals surface area contributed by atoms with E-state index < -0.39 is 11.9 Å². The van der Waals surface area contributed by atoms with Crippen molar-refractivity contribution in [3.8, 4) is 0 Å². The Bertz CT molecular complexity index is 265.